The highest BCUT2D eigenvalue weighted by Crippen LogP contribution is 2.41. The molecule has 0 saturated heterocycles. The highest BCUT2D eigenvalue weighted by Gasteiger charge is 2.23. The lowest BCUT2D eigenvalue weighted by atomic mass is 9.99. The number of methoxy groups -OCH3 is 2. The summed E-state index contributed by atoms with van der Waals surface area (Å²) < 4.78 is 40.2. The minimum absolute atomic E-state index is 0.0411. The van der Waals surface area contributed by atoms with Gasteiger partial charge in [-0.3, -0.25) is 0 Å². The maximum Gasteiger partial charge on any atom is 0.223 e. The lowest BCUT2D eigenvalue weighted by Gasteiger charge is -2.18. The van der Waals surface area contributed by atoms with Crippen molar-refractivity contribution >= 4 is 33.0 Å². The second kappa shape index (κ2) is 8.08. The Hall–Kier alpha value is -2.52. The predicted octanol–water partition coefficient (Wildman–Crippen LogP) is 5.64. The smallest absolute Gasteiger partial charge is 0.223 e. The largest absolute Gasteiger partial charge is 0.351 e. The minimum Gasteiger partial charge on any atom is -0.351 e. The second-order valence-corrected chi connectivity index (χ2v) is 7.43. The van der Waals surface area contributed by atoms with Crippen molar-refractivity contribution in [3.05, 3.63) is 65.3 Å². The van der Waals surface area contributed by atoms with Crippen LogP contribution in [-0.4, -0.2) is 29.2 Å². The van der Waals surface area contributed by atoms with E-state index in [1.165, 1.54) is 31.8 Å². The molecule has 0 atom stereocenters. The molecule has 0 N–H and O–H groups in total. The van der Waals surface area contributed by atoms with E-state index in [2.05, 4.69) is 15.0 Å². The van der Waals surface area contributed by atoms with Crippen molar-refractivity contribution in [2.45, 2.75) is 6.29 Å². The number of pyridine rings is 1. The average Bonchev–Trinajstić information content (AvgIpc) is 3.16. The third-order valence-corrected chi connectivity index (χ3v) is 5.76. The number of benzene rings is 1. The van der Waals surface area contributed by atoms with Gasteiger partial charge in [0.15, 0.2) is 12.1 Å². The molecule has 29 heavy (non-hydrogen) atoms. The quantitative estimate of drug-likeness (QED) is 0.231. The maximum absolute atomic E-state index is 14.6. The van der Waals surface area contributed by atoms with Crippen LogP contribution in [0.5, 0.6) is 0 Å². The van der Waals surface area contributed by atoms with Gasteiger partial charge in [-0.1, -0.05) is 18.2 Å². The summed E-state index contributed by atoms with van der Waals surface area (Å²) in [6.45, 7) is 0. The fourth-order valence-electron chi connectivity index (χ4n) is 3.15. The molecule has 3 aromatic heterocycles. The molecule has 0 aliphatic heterocycles. The summed E-state index contributed by atoms with van der Waals surface area (Å²) in [5.74, 6) is -1.25. The van der Waals surface area contributed by atoms with Crippen LogP contribution in [0, 0.1) is 11.8 Å². The van der Waals surface area contributed by atoms with Crippen molar-refractivity contribution in [3.8, 4) is 21.7 Å². The van der Waals surface area contributed by atoms with Gasteiger partial charge in [0.1, 0.15) is 5.69 Å². The number of rotatable bonds is 5. The molecule has 0 unspecified atom stereocenters. The van der Waals surface area contributed by atoms with Gasteiger partial charge in [-0.2, -0.15) is 4.39 Å². The van der Waals surface area contributed by atoms with Crippen LogP contribution in [0.4, 0.5) is 8.78 Å². The number of thiophene rings is 1. The van der Waals surface area contributed by atoms with Crippen LogP contribution in [-0.2, 0) is 9.47 Å². The number of halogens is 3. The fourth-order valence-corrected chi connectivity index (χ4v) is 4.46. The van der Waals surface area contributed by atoms with Crippen molar-refractivity contribution in [2.24, 2.45) is 0 Å². The van der Waals surface area contributed by atoms with Gasteiger partial charge in [0.05, 0.1) is 16.6 Å². The zero-order valence-electron chi connectivity index (χ0n) is 15.3. The molecule has 0 fully saturated rings. The first-order valence-electron chi connectivity index (χ1n) is 8.44. The molecular formula is C20H14ClF2N3O2S. The van der Waals surface area contributed by atoms with Crippen LogP contribution in [0.2, 0.25) is 5.28 Å². The van der Waals surface area contributed by atoms with Gasteiger partial charge in [0.25, 0.3) is 0 Å². The summed E-state index contributed by atoms with van der Waals surface area (Å²) >= 11 is 7.16. The van der Waals surface area contributed by atoms with Gasteiger partial charge in [-0.05, 0) is 34.7 Å². The predicted molar refractivity (Wildman–Crippen MR) is 108 cm³/mol. The van der Waals surface area contributed by atoms with E-state index in [1.54, 1.807) is 6.07 Å². The topological polar surface area (TPSA) is 57.1 Å². The van der Waals surface area contributed by atoms with E-state index in [9.17, 15) is 8.78 Å². The normalized spacial score (nSPS) is 11.5. The highest BCUT2D eigenvalue weighted by atomic mass is 35.5. The number of ether oxygens (including phenoxy) is 2. The SMILES string of the molecule is COC(OC)c1c(-c2cccc3cc(-c4nc(Cl)ncc4F)sc23)ccnc1F. The molecule has 0 amide bonds. The Balaban J connectivity index is 1.94. The van der Waals surface area contributed by atoms with Crippen LogP contribution in [0.25, 0.3) is 31.8 Å². The van der Waals surface area contributed by atoms with Crippen LogP contribution >= 0.6 is 22.9 Å². The third-order valence-electron chi connectivity index (χ3n) is 4.39. The van der Waals surface area contributed by atoms with Gasteiger partial charge in [-0.15, -0.1) is 11.3 Å². The van der Waals surface area contributed by atoms with Crippen LogP contribution in [0.3, 0.4) is 0 Å². The Kier molecular flexibility index (Phi) is 5.51. The van der Waals surface area contributed by atoms with Crippen molar-refractivity contribution in [1.82, 2.24) is 15.0 Å². The monoisotopic (exact) mass is 433 g/mol. The molecule has 0 radical (unpaired) electrons. The number of hydrogen-bond acceptors (Lipinski definition) is 6. The first kappa shape index (κ1) is 19.8. The molecule has 9 heteroatoms. The Morgan fingerprint density at radius 2 is 1.86 bits per heavy atom. The molecule has 0 spiro atoms. The lowest BCUT2D eigenvalue weighted by molar-refractivity contribution is -0.107. The summed E-state index contributed by atoms with van der Waals surface area (Å²) in [7, 11) is 2.85. The average molecular weight is 434 g/mol. The van der Waals surface area contributed by atoms with E-state index < -0.39 is 18.1 Å². The van der Waals surface area contributed by atoms with Crippen molar-refractivity contribution in [3.63, 3.8) is 0 Å². The summed E-state index contributed by atoms with van der Waals surface area (Å²) in [4.78, 5) is 12.0. The molecule has 5 nitrogen and oxygen atoms in total. The summed E-state index contributed by atoms with van der Waals surface area (Å²) in [6, 6.07) is 9.09. The molecule has 0 saturated carbocycles. The Labute approximate surface area is 173 Å². The lowest BCUT2D eigenvalue weighted by Crippen LogP contribution is -2.09. The first-order chi connectivity index (χ1) is 14.0. The van der Waals surface area contributed by atoms with Gasteiger partial charge in [-0.25, -0.2) is 19.3 Å². The number of hydrogen-bond donors (Lipinski definition) is 0. The Morgan fingerprint density at radius 3 is 2.62 bits per heavy atom. The van der Waals surface area contributed by atoms with Crippen LogP contribution in [0.1, 0.15) is 11.9 Å². The zero-order chi connectivity index (χ0) is 20.5. The molecule has 4 rings (SSSR count). The highest BCUT2D eigenvalue weighted by molar-refractivity contribution is 7.22. The molecular weight excluding hydrogens is 420 g/mol. The standard InChI is InChI=1S/C20H14ClF2N3O2S/c1-27-19(28-2)15-11(6-7-24-18(15)23)12-5-3-4-10-8-14(29-17(10)12)16-13(22)9-25-20(21)26-16/h3-9,19H,1-2H3. The van der Waals surface area contributed by atoms with Crippen molar-refractivity contribution in [1.29, 1.82) is 0 Å². The minimum atomic E-state index is -0.925. The van der Waals surface area contributed by atoms with Gasteiger partial charge in [0.2, 0.25) is 11.2 Å². The first-order valence-corrected chi connectivity index (χ1v) is 9.64. The zero-order valence-corrected chi connectivity index (χ0v) is 16.9. The summed E-state index contributed by atoms with van der Waals surface area (Å²) in [6.07, 6.45) is 1.49. The third kappa shape index (κ3) is 3.60. The van der Waals surface area contributed by atoms with Gasteiger partial charge in [0, 0.05) is 30.7 Å². The second-order valence-electron chi connectivity index (χ2n) is 6.04. The van der Waals surface area contributed by atoms with Gasteiger partial charge >= 0.3 is 0 Å². The van der Waals surface area contributed by atoms with Crippen LogP contribution < -0.4 is 0 Å². The molecule has 1 aromatic carbocycles. The summed E-state index contributed by atoms with van der Waals surface area (Å²) in [5.41, 5.74) is 1.63. The van der Waals surface area contributed by atoms with Gasteiger partial charge < -0.3 is 9.47 Å². The number of nitrogens with zero attached hydrogens (tertiary/aromatic N) is 3. The number of fused-ring (bicyclic) bond motifs is 1. The molecule has 4 aromatic rings. The van der Waals surface area contributed by atoms with E-state index in [-0.39, 0.29) is 16.5 Å². The molecule has 0 aliphatic rings. The maximum atomic E-state index is 14.6. The van der Waals surface area contributed by atoms with E-state index in [0.29, 0.717) is 10.4 Å². The molecule has 3 heterocycles. The van der Waals surface area contributed by atoms with Crippen LogP contribution in [0.15, 0.2) is 42.7 Å². The Morgan fingerprint density at radius 1 is 1.07 bits per heavy atom. The van der Waals surface area contributed by atoms with Crippen molar-refractivity contribution in [2.75, 3.05) is 14.2 Å². The van der Waals surface area contributed by atoms with E-state index in [0.717, 1.165) is 21.8 Å². The molecule has 0 bridgehead atoms. The summed E-state index contributed by atoms with van der Waals surface area (Å²) in [5, 5.41) is 0.812. The van der Waals surface area contributed by atoms with E-state index in [1.807, 2.05) is 24.3 Å². The molecule has 148 valence electrons. The fraction of sp³-hybridized carbons (Fsp3) is 0.150. The Bertz CT molecular complexity index is 1200. The molecule has 0 aliphatic carbocycles. The van der Waals surface area contributed by atoms with E-state index >= 15 is 0 Å². The van der Waals surface area contributed by atoms with E-state index in [4.69, 9.17) is 21.1 Å². The van der Waals surface area contributed by atoms with Crippen molar-refractivity contribution < 1.29 is 18.3 Å². The number of aromatic nitrogens is 3.